The number of hydrogen-bond donors (Lipinski definition) is 1. The number of nitrogens with zero attached hydrogens (tertiary/aromatic N) is 2. The molecule has 0 atom stereocenters. The molecule has 5 heteroatoms. The van der Waals surface area contributed by atoms with Crippen LogP contribution in [0.3, 0.4) is 0 Å². The summed E-state index contributed by atoms with van der Waals surface area (Å²) in [6.45, 7) is 2.19. The molecule has 1 heterocycles. The van der Waals surface area contributed by atoms with Crippen molar-refractivity contribution in [1.82, 2.24) is 4.98 Å². The molecule has 1 amide bonds. The Labute approximate surface area is 133 Å². The zero-order valence-corrected chi connectivity index (χ0v) is 13.4. The Kier molecular flexibility index (Phi) is 4.06. The molecule has 3 rings (SSSR count). The molecular formula is C17H17N3OS. The highest BCUT2D eigenvalue weighted by atomic mass is 32.1. The van der Waals surface area contributed by atoms with Gasteiger partial charge in [-0.3, -0.25) is 4.79 Å². The predicted octanol–water partition coefficient (Wildman–Crippen LogP) is 3.89. The fraction of sp³-hybridized carbons (Fsp3) is 0.176. The van der Waals surface area contributed by atoms with Crippen LogP contribution in [-0.2, 0) is 11.3 Å². The molecule has 0 saturated carbocycles. The lowest BCUT2D eigenvalue weighted by Crippen LogP contribution is -2.17. The van der Waals surface area contributed by atoms with E-state index in [4.69, 9.17) is 0 Å². The summed E-state index contributed by atoms with van der Waals surface area (Å²) in [5.74, 6) is -0.0942. The smallest absolute Gasteiger partial charge is 0.223 e. The maximum Gasteiger partial charge on any atom is 0.223 e. The Morgan fingerprint density at radius 2 is 2.00 bits per heavy atom. The summed E-state index contributed by atoms with van der Waals surface area (Å²) in [6, 6.07) is 14.6. The van der Waals surface area contributed by atoms with E-state index in [-0.39, 0.29) is 5.91 Å². The van der Waals surface area contributed by atoms with Gasteiger partial charge >= 0.3 is 0 Å². The van der Waals surface area contributed by atoms with Crippen molar-refractivity contribution in [1.29, 1.82) is 0 Å². The number of fused-ring (bicyclic) bond motifs is 1. The molecule has 1 N–H and O–H groups in total. The second-order valence-corrected chi connectivity index (χ2v) is 6.04. The second kappa shape index (κ2) is 6.15. The first-order valence-corrected chi connectivity index (χ1v) is 7.92. The zero-order valence-electron chi connectivity index (χ0n) is 12.5. The number of anilines is 2. The van der Waals surface area contributed by atoms with Gasteiger partial charge in [-0.1, -0.05) is 36.4 Å². The van der Waals surface area contributed by atoms with Gasteiger partial charge in [-0.05, 0) is 11.5 Å². The number of amides is 1. The number of thiazole rings is 1. The fourth-order valence-corrected chi connectivity index (χ4v) is 3.20. The Morgan fingerprint density at radius 3 is 2.82 bits per heavy atom. The van der Waals surface area contributed by atoms with E-state index in [0.29, 0.717) is 11.7 Å². The van der Waals surface area contributed by atoms with Gasteiger partial charge in [0.1, 0.15) is 0 Å². The van der Waals surface area contributed by atoms with Gasteiger partial charge in [-0.25, -0.2) is 4.98 Å². The molecule has 112 valence electrons. The standard InChI is InChI=1S/C17H17N3OS/c1-12(21)18-17-19-14(11-22-17)10-20(2)16-9-5-7-13-6-3-4-8-15(13)16/h3-9,11H,10H2,1-2H3,(H,18,19,21). The van der Waals surface area contributed by atoms with Gasteiger partial charge < -0.3 is 10.2 Å². The van der Waals surface area contributed by atoms with Gasteiger partial charge in [-0.15, -0.1) is 11.3 Å². The lowest BCUT2D eigenvalue weighted by Gasteiger charge is -2.20. The molecule has 2 aromatic carbocycles. The number of benzene rings is 2. The Balaban J connectivity index is 1.82. The molecule has 0 radical (unpaired) electrons. The maximum atomic E-state index is 11.1. The van der Waals surface area contributed by atoms with E-state index in [2.05, 4.69) is 58.6 Å². The average molecular weight is 311 g/mol. The van der Waals surface area contributed by atoms with Crippen molar-refractivity contribution >= 4 is 38.8 Å². The maximum absolute atomic E-state index is 11.1. The molecule has 0 aliphatic heterocycles. The SMILES string of the molecule is CC(=O)Nc1nc(CN(C)c2cccc3ccccc23)cs1. The third-order valence-corrected chi connectivity index (χ3v) is 4.22. The van der Waals surface area contributed by atoms with E-state index in [9.17, 15) is 4.79 Å². The number of carbonyl (C=O) groups is 1. The first-order chi connectivity index (χ1) is 10.6. The summed E-state index contributed by atoms with van der Waals surface area (Å²) in [5.41, 5.74) is 2.12. The molecule has 0 aliphatic rings. The van der Waals surface area contributed by atoms with Gasteiger partial charge in [0, 0.05) is 30.4 Å². The van der Waals surface area contributed by atoms with E-state index in [1.165, 1.54) is 34.7 Å². The molecule has 0 saturated heterocycles. The molecule has 1 aromatic heterocycles. The fourth-order valence-electron chi connectivity index (χ4n) is 2.46. The molecule has 22 heavy (non-hydrogen) atoms. The van der Waals surface area contributed by atoms with E-state index in [0.717, 1.165) is 5.69 Å². The number of rotatable bonds is 4. The van der Waals surface area contributed by atoms with Crippen molar-refractivity contribution < 1.29 is 4.79 Å². The van der Waals surface area contributed by atoms with Gasteiger partial charge in [0.05, 0.1) is 12.2 Å². The van der Waals surface area contributed by atoms with E-state index in [1.54, 1.807) is 0 Å². The largest absolute Gasteiger partial charge is 0.368 e. The lowest BCUT2D eigenvalue weighted by atomic mass is 10.1. The van der Waals surface area contributed by atoms with Crippen LogP contribution in [0.25, 0.3) is 10.8 Å². The van der Waals surface area contributed by atoms with Crippen molar-refractivity contribution in [2.75, 3.05) is 17.3 Å². The Bertz CT molecular complexity index is 807. The van der Waals surface area contributed by atoms with Crippen molar-refractivity contribution in [3.63, 3.8) is 0 Å². The van der Waals surface area contributed by atoms with Crippen LogP contribution in [0, 0.1) is 0 Å². The predicted molar refractivity (Wildman–Crippen MR) is 92.5 cm³/mol. The molecular weight excluding hydrogens is 294 g/mol. The first kappa shape index (κ1) is 14.5. The summed E-state index contributed by atoms with van der Waals surface area (Å²) >= 11 is 1.45. The van der Waals surface area contributed by atoms with Crippen LogP contribution in [0.5, 0.6) is 0 Å². The summed E-state index contributed by atoms with van der Waals surface area (Å²) < 4.78 is 0. The molecule has 0 spiro atoms. The van der Waals surface area contributed by atoms with Crippen molar-refractivity contribution in [2.24, 2.45) is 0 Å². The van der Waals surface area contributed by atoms with Gasteiger partial charge in [0.15, 0.2) is 5.13 Å². The van der Waals surface area contributed by atoms with Crippen LogP contribution in [0.4, 0.5) is 10.8 Å². The molecule has 4 nitrogen and oxygen atoms in total. The summed E-state index contributed by atoms with van der Waals surface area (Å²) in [7, 11) is 2.05. The molecule has 0 fully saturated rings. The van der Waals surface area contributed by atoms with E-state index < -0.39 is 0 Å². The van der Waals surface area contributed by atoms with Crippen LogP contribution in [0.15, 0.2) is 47.8 Å². The monoisotopic (exact) mass is 311 g/mol. The number of aromatic nitrogens is 1. The molecule has 0 aliphatic carbocycles. The Morgan fingerprint density at radius 1 is 1.23 bits per heavy atom. The first-order valence-electron chi connectivity index (χ1n) is 7.04. The van der Waals surface area contributed by atoms with E-state index >= 15 is 0 Å². The average Bonchev–Trinajstić information content (AvgIpc) is 2.92. The van der Waals surface area contributed by atoms with Crippen molar-refractivity contribution in [3.8, 4) is 0 Å². The normalized spacial score (nSPS) is 10.6. The summed E-state index contributed by atoms with van der Waals surface area (Å²) in [4.78, 5) is 17.7. The highest BCUT2D eigenvalue weighted by Gasteiger charge is 2.09. The number of nitrogens with one attached hydrogen (secondary N) is 1. The van der Waals surface area contributed by atoms with Gasteiger partial charge in [-0.2, -0.15) is 0 Å². The van der Waals surface area contributed by atoms with Crippen LogP contribution in [0.2, 0.25) is 0 Å². The quantitative estimate of drug-likeness (QED) is 0.795. The topological polar surface area (TPSA) is 45.2 Å². The highest BCUT2D eigenvalue weighted by Crippen LogP contribution is 2.27. The third kappa shape index (κ3) is 3.09. The molecule has 3 aromatic rings. The van der Waals surface area contributed by atoms with Gasteiger partial charge in [0.2, 0.25) is 5.91 Å². The van der Waals surface area contributed by atoms with Crippen LogP contribution < -0.4 is 10.2 Å². The van der Waals surface area contributed by atoms with Gasteiger partial charge in [0.25, 0.3) is 0 Å². The lowest BCUT2D eigenvalue weighted by molar-refractivity contribution is -0.114. The summed E-state index contributed by atoms with van der Waals surface area (Å²) in [6.07, 6.45) is 0. The second-order valence-electron chi connectivity index (χ2n) is 5.18. The Hall–Kier alpha value is -2.40. The molecule has 0 unspecified atom stereocenters. The van der Waals surface area contributed by atoms with E-state index in [1.807, 2.05) is 11.4 Å². The number of hydrogen-bond acceptors (Lipinski definition) is 4. The molecule has 0 bridgehead atoms. The van der Waals surface area contributed by atoms with Crippen molar-refractivity contribution in [3.05, 3.63) is 53.5 Å². The minimum absolute atomic E-state index is 0.0942. The minimum Gasteiger partial charge on any atom is -0.368 e. The van der Waals surface area contributed by atoms with Crippen LogP contribution >= 0.6 is 11.3 Å². The highest BCUT2D eigenvalue weighted by molar-refractivity contribution is 7.13. The van der Waals surface area contributed by atoms with Crippen LogP contribution in [0.1, 0.15) is 12.6 Å². The summed E-state index contributed by atoms with van der Waals surface area (Å²) in [5, 5.41) is 7.80. The third-order valence-electron chi connectivity index (χ3n) is 3.41. The minimum atomic E-state index is -0.0942. The van der Waals surface area contributed by atoms with Crippen LogP contribution in [-0.4, -0.2) is 17.9 Å². The van der Waals surface area contributed by atoms with Crippen molar-refractivity contribution in [2.45, 2.75) is 13.5 Å². The zero-order chi connectivity index (χ0) is 15.5. The number of carbonyl (C=O) groups excluding carboxylic acids is 1.